The second-order valence-corrected chi connectivity index (χ2v) is 16.2. The van der Waals surface area contributed by atoms with Gasteiger partial charge in [0, 0.05) is 17.0 Å². The van der Waals surface area contributed by atoms with Gasteiger partial charge in [-0.1, -0.05) is 19.0 Å². The number of nitrogens with zero attached hydrogens (tertiary/aromatic N) is 7. The van der Waals surface area contributed by atoms with E-state index in [1.54, 1.807) is 11.3 Å². The fraction of sp³-hybridized carbons (Fsp3) is 0.639. The maximum atomic E-state index is 11.3. The molecule has 1 spiro atoms. The number of anilines is 2. The summed E-state index contributed by atoms with van der Waals surface area (Å²) in [6.45, 7) is 11.4. The van der Waals surface area contributed by atoms with Crippen LogP contribution in [0.2, 0.25) is 0 Å². The number of rotatable bonds is 8. The van der Waals surface area contributed by atoms with E-state index in [1.807, 2.05) is 11.6 Å². The summed E-state index contributed by atoms with van der Waals surface area (Å²) in [4.78, 5) is 13.9. The molecule has 4 aliphatic rings. The van der Waals surface area contributed by atoms with Crippen molar-refractivity contribution >= 4 is 33.2 Å². The highest BCUT2D eigenvalue weighted by molar-refractivity contribution is 7.16. The van der Waals surface area contributed by atoms with Crippen LogP contribution in [0, 0.1) is 17.2 Å². The molecular weight excluding hydrogens is 639 g/mol. The van der Waals surface area contributed by atoms with Crippen molar-refractivity contribution in [1.82, 2.24) is 30.2 Å². The van der Waals surface area contributed by atoms with Gasteiger partial charge >= 0.3 is 0 Å². The first kappa shape index (κ1) is 32.5. The molecule has 0 aromatic carbocycles. The molecule has 4 aromatic heterocycles. The van der Waals surface area contributed by atoms with Gasteiger partial charge in [0.05, 0.1) is 28.7 Å². The lowest BCUT2D eigenvalue weighted by Crippen LogP contribution is -2.53. The van der Waals surface area contributed by atoms with Crippen LogP contribution in [-0.4, -0.2) is 67.9 Å². The van der Waals surface area contributed by atoms with Crippen LogP contribution in [0.25, 0.3) is 22.6 Å². The highest BCUT2D eigenvalue weighted by Crippen LogP contribution is 2.55. The van der Waals surface area contributed by atoms with Crippen LogP contribution in [0.4, 0.5) is 10.8 Å². The Morgan fingerprint density at radius 2 is 2.02 bits per heavy atom. The predicted octanol–water partition coefficient (Wildman–Crippen LogP) is 5.65. The summed E-state index contributed by atoms with van der Waals surface area (Å²) in [5, 5.41) is 36.1. The Morgan fingerprint density at radius 1 is 1.20 bits per heavy atom. The van der Waals surface area contributed by atoms with Gasteiger partial charge in [0.2, 0.25) is 5.88 Å². The lowest BCUT2D eigenvalue weighted by molar-refractivity contribution is 0.0321. The first-order valence-electron chi connectivity index (χ1n) is 18.1. The zero-order valence-corrected chi connectivity index (χ0v) is 29.8. The van der Waals surface area contributed by atoms with Gasteiger partial charge in [0.1, 0.15) is 28.9 Å². The molecule has 8 rings (SSSR count). The van der Waals surface area contributed by atoms with Crippen LogP contribution in [0.1, 0.15) is 112 Å². The molecule has 13 heteroatoms. The summed E-state index contributed by atoms with van der Waals surface area (Å²) in [5.74, 6) is 2.95. The van der Waals surface area contributed by atoms with Crippen LogP contribution in [0.5, 0.6) is 5.88 Å². The molecule has 2 aliphatic heterocycles. The van der Waals surface area contributed by atoms with Gasteiger partial charge in [-0.05, 0) is 103 Å². The van der Waals surface area contributed by atoms with E-state index in [1.165, 1.54) is 4.88 Å². The second kappa shape index (κ2) is 12.2. The van der Waals surface area contributed by atoms with Crippen molar-refractivity contribution in [3.05, 3.63) is 27.3 Å². The number of nitriles is 1. The van der Waals surface area contributed by atoms with E-state index in [9.17, 15) is 10.4 Å². The number of nitrogens with two attached hydrogens (primary N) is 1. The summed E-state index contributed by atoms with van der Waals surface area (Å²) < 4.78 is 14.8. The van der Waals surface area contributed by atoms with E-state index >= 15 is 0 Å². The van der Waals surface area contributed by atoms with E-state index < -0.39 is 11.0 Å². The second-order valence-electron chi connectivity index (χ2n) is 15.0. The number of aromatic nitrogens is 5. The molecule has 49 heavy (non-hydrogen) atoms. The Hall–Kier alpha value is -3.73. The number of nitrogens with one attached hydrogen (secondary N) is 1. The van der Waals surface area contributed by atoms with Gasteiger partial charge in [-0.25, -0.2) is 14.6 Å². The molecule has 0 radical (unpaired) electrons. The zero-order chi connectivity index (χ0) is 34.1. The summed E-state index contributed by atoms with van der Waals surface area (Å²) in [6.07, 6.45) is 9.03. The summed E-state index contributed by atoms with van der Waals surface area (Å²) in [5.41, 5.74) is 9.13. The highest BCUT2D eigenvalue weighted by Gasteiger charge is 2.49. The van der Waals surface area contributed by atoms with Gasteiger partial charge in [-0.15, -0.1) is 16.4 Å². The van der Waals surface area contributed by atoms with Gasteiger partial charge < -0.3 is 30.3 Å². The number of ether oxygens (including phenoxy) is 1. The number of nitrogen functional groups attached to an aromatic ring is 1. The molecule has 0 amide bonds. The van der Waals surface area contributed by atoms with Gasteiger partial charge in [-0.2, -0.15) is 5.26 Å². The van der Waals surface area contributed by atoms with Crippen molar-refractivity contribution < 1.29 is 14.4 Å². The van der Waals surface area contributed by atoms with Crippen molar-refractivity contribution in [3.8, 4) is 23.5 Å². The minimum Gasteiger partial charge on any atom is -0.474 e. The predicted molar refractivity (Wildman–Crippen MR) is 189 cm³/mol. The van der Waals surface area contributed by atoms with Gasteiger partial charge in [-0.3, -0.25) is 0 Å². The number of fused-ring (bicyclic) bond motifs is 6. The van der Waals surface area contributed by atoms with E-state index in [4.69, 9.17) is 35.2 Å². The number of hydrogen-bond acceptors (Lipinski definition) is 12. The van der Waals surface area contributed by atoms with Crippen LogP contribution < -0.4 is 20.7 Å². The molecule has 5 atom stereocenters. The normalized spacial score (nSPS) is 25.6. The number of piperidine rings is 1. The smallest absolute Gasteiger partial charge is 0.246 e. The Labute approximate surface area is 291 Å². The van der Waals surface area contributed by atoms with Gasteiger partial charge in [0.15, 0.2) is 22.9 Å². The van der Waals surface area contributed by atoms with Gasteiger partial charge in [0.25, 0.3) is 0 Å². The van der Waals surface area contributed by atoms with Crippen molar-refractivity contribution in [2.45, 2.75) is 115 Å². The summed E-state index contributed by atoms with van der Waals surface area (Å²) in [7, 11) is 0. The maximum absolute atomic E-state index is 11.3. The zero-order valence-electron chi connectivity index (χ0n) is 29.0. The lowest BCUT2D eigenvalue weighted by Gasteiger charge is -2.42. The fourth-order valence-corrected chi connectivity index (χ4v) is 10.1. The fourth-order valence-electron chi connectivity index (χ4n) is 8.92. The van der Waals surface area contributed by atoms with E-state index in [0.29, 0.717) is 59.1 Å². The van der Waals surface area contributed by atoms with E-state index in [0.717, 1.165) is 99.0 Å². The molecule has 4 N–H and O–H groups in total. The van der Waals surface area contributed by atoms with Crippen LogP contribution in [0.3, 0.4) is 0 Å². The maximum Gasteiger partial charge on any atom is 0.246 e. The van der Waals surface area contributed by atoms with Crippen LogP contribution >= 0.6 is 11.3 Å². The van der Waals surface area contributed by atoms with E-state index in [-0.39, 0.29) is 12.1 Å². The SMILES string of the molecule is CCNCCC[C@H](C)[C@H](C)n1nc2c3c(nc(-c4noc5c4CCC[C@@]54CCCc5sc(N)c(C#N)c54)nc31)N1C[C@@](C)(O)CC[C@@H]1CO2. The minimum absolute atomic E-state index is 0.0554. The first-order chi connectivity index (χ1) is 23.7. The molecule has 4 aromatic rings. The third kappa shape index (κ3) is 5.21. The third-order valence-corrected chi connectivity index (χ3v) is 12.8. The summed E-state index contributed by atoms with van der Waals surface area (Å²) >= 11 is 1.55. The van der Waals surface area contributed by atoms with Crippen molar-refractivity contribution in [1.29, 1.82) is 5.26 Å². The minimum atomic E-state index is -0.859. The largest absolute Gasteiger partial charge is 0.474 e. The third-order valence-electron chi connectivity index (χ3n) is 11.7. The molecule has 0 bridgehead atoms. The molecule has 0 saturated carbocycles. The Kier molecular flexibility index (Phi) is 8.12. The lowest BCUT2D eigenvalue weighted by atomic mass is 9.63. The highest BCUT2D eigenvalue weighted by atomic mass is 32.1. The Balaban J connectivity index is 1.28. The molecule has 6 heterocycles. The van der Waals surface area contributed by atoms with Crippen LogP contribution in [-0.2, 0) is 18.3 Å². The first-order valence-corrected chi connectivity index (χ1v) is 18.9. The molecular formula is C36H47N9O3S. The number of aliphatic hydroxyl groups is 1. The molecule has 0 unspecified atom stereocenters. The average molecular weight is 686 g/mol. The standard InChI is InChI=1S/C36H47N9O3S/c1-5-39-16-8-9-20(2)21(3)45-33-26-32(44-19-35(4,46)15-12-22(44)18-47-34(26)42-45)40-31(41-33)28-23-10-6-13-36(29(23)48-43-28)14-7-11-25-27(36)24(17-37)30(38)49-25/h20-22,39,46H,5-16,18-19,38H2,1-4H3/t20-,21-,22+,35-,36-/m0/s1. The van der Waals surface area contributed by atoms with Crippen molar-refractivity contribution in [2.24, 2.45) is 5.92 Å². The molecule has 2 aliphatic carbocycles. The monoisotopic (exact) mass is 685 g/mol. The molecule has 260 valence electrons. The van der Waals surface area contributed by atoms with Crippen molar-refractivity contribution in [2.75, 3.05) is 36.9 Å². The Bertz CT molecular complexity index is 1940. The number of aryl methyl sites for hydroxylation is 1. The summed E-state index contributed by atoms with van der Waals surface area (Å²) in [6, 6.07) is 2.53. The molecule has 1 fully saturated rings. The Morgan fingerprint density at radius 3 is 2.82 bits per heavy atom. The molecule has 1 saturated heterocycles. The average Bonchev–Trinajstić information content (AvgIpc) is 3.76. The topological polar surface area (TPSA) is 164 Å². The van der Waals surface area contributed by atoms with Crippen molar-refractivity contribution in [3.63, 3.8) is 0 Å². The molecule has 12 nitrogen and oxygen atoms in total. The quantitative estimate of drug-likeness (QED) is 0.196. The number of thiophene rings is 1. The van der Waals surface area contributed by atoms with E-state index in [2.05, 4.69) is 37.1 Å². The number of hydrogen-bond donors (Lipinski definition) is 3. The van der Waals surface area contributed by atoms with Crippen LogP contribution in [0.15, 0.2) is 4.52 Å².